The topological polar surface area (TPSA) is 76.0 Å². The molecule has 0 saturated heterocycles. The average molecular weight is 479 g/mol. The Bertz CT molecular complexity index is 1180. The molecule has 2 aromatic heterocycles. The number of carbonyl (C=O) groups excluding carboxylic acids is 2. The van der Waals surface area contributed by atoms with Crippen molar-refractivity contribution in [2.75, 3.05) is 10.6 Å². The van der Waals surface area contributed by atoms with Crippen LogP contribution in [0.3, 0.4) is 0 Å². The molecule has 7 heteroatoms. The van der Waals surface area contributed by atoms with Crippen LogP contribution in [0.1, 0.15) is 77.9 Å². The van der Waals surface area contributed by atoms with Crippen molar-refractivity contribution >= 4 is 33.8 Å². The molecule has 6 nitrogen and oxygen atoms in total. The molecule has 0 unspecified atom stereocenters. The van der Waals surface area contributed by atoms with Gasteiger partial charge in [0, 0.05) is 23.3 Å². The number of nitrogens with one attached hydrogen (secondary N) is 2. The highest BCUT2D eigenvalue weighted by molar-refractivity contribution is 7.17. The summed E-state index contributed by atoms with van der Waals surface area (Å²) in [6, 6.07) is 9.62. The first-order chi connectivity index (χ1) is 16.2. The van der Waals surface area contributed by atoms with Gasteiger partial charge in [0.25, 0.3) is 11.8 Å². The zero-order valence-corrected chi connectivity index (χ0v) is 21.5. The van der Waals surface area contributed by atoms with Crippen LogP contribution in [0.2, 0.25) is 0 Å². The van der Waals surface area contributed by atoms with Crippen LogP contribution in [0.25, 0.3) is 0 Å². The first kappa shape index (κ1) is 24.2. The molecule has 1 aromatic carbocycles. The number of rotatable bonds is 6. The van der Waals surface area contributed by atoms with E-state index in [1.165, 1.54) is 21.8 Å². The van der Waals surface area contributed by atoms with Gasteiger partial charge in [-0.3, -0.25) is 14.3 Å². The van der Waals surface area contributed by atoms with E-state index in [1.54, 1.807) is 16.9 Å². The van der Waals surface area contributed by atoms with Gasteiger partial charge in [-0.05, 0) is 73.3 Å². The van der Waals surface area contributed by atoms with E-state index in [0.717, 1.165) is 36.9 Å². The second-order valence-electron chi connectivity index (χ2n) is 10.0. The lowest BCUT2D eigenvalue weighted by Crippen LogP contribution is -2.27. The molecule has 180 valence electrons. The Morgan fingerprint density at radius 1 is 1.09 bits per heavy atom. The number of carbonyl (C=O) groups is 2. The van der Waals surface area contributed by atoms with Gasteiger partial charge in [-0.2, -0.15) is 5.10 Å². The summed E-state index contributed by atoms with van der Waals surface area (Å²) in [7, 11) is 0. The molecular formula is C27H34N4O2S. The fraction of sp³-hybridized carbons (Fsp3) is 0.444. The van der Waals surface area contributed by atoms with Crippen molar-refractivity contribution in [1.82, 2.24) is 9.78 Å². The van der Waals surface area contributed by atoms with E-state index in [2.05, 4.69) is 43.4 Å². The van der Waals surface area contributed by atoms with E-state index in [1.807, 2.05) is 31.2 Å². The number of fused-ring (bicyclic) bond motifs is 1. The largest absolute Gasteiger partial charge is 0.322 e. The van der Waals surface area contributed by atoms with Crippen molar-refractivity contribution in [1.29, 1.82) is 0 Å². The standard InChI is InChI=1S/C27H34N4O2S/c1-6-17-8-11-19(12-9-17)28-25(33)23-20-13-10-18(27(3,4)5)16-22(20)34-26(23)29-24(32)21-14-15-31(7-2)30-21/h8-9,11-12,14-15,18H,6-7,10,13,16H2,1-5H3,(H,28,33)(H,29,32)/t18-/m0/s1. The van der Waals surface area contributed by atoms with E-state index >= 15 is 0 Å². The number of nitrogens with zero attached hydrogens (tertiary/aromatic N) is 2. The molecule has 0 bridgehead atoms. The van der Waals surface area contributed by atoms with Crippen molar-refractivity contribution in [3.63, 3.8) is 0 Å². The molecule has 2 N–H and O–H groups in total. The molecule has 0 aliphatic heterocycles. The van der Waals surface area contributed by atoms with Gasteiger partial charge in [0.05, 0.1) is 5.56 Å². The van der Waals surface area contributed by atoms with E-state index in [4.69, 9.17) is 0 Å². The first-order valence-electron chi connectivity index (χ1n) is 12.1. The van der Waals surface area contributed by atoms with Gasteiger partial charge in [0.1, 0.15) is 5.00 Å². The van der Waals surface area contributed by atoms with Gasteiger partial charge in [-0.1, -0.05) is 39.8 Å². The molecule has 0 spiro atoms. The maximum absolute atomic E-state index is 13.5. The number of benzene rings is 1. The van der Waals surface area contributed by atoms with Crippen molar-refractivity contribution < 1.29 is 9.59 Å². The van der Waals surface area contributed by atoms with Gasteiger partial charge in [0.2, 0.25) is 0 Å². The number of hydrogen-bond acceptors (Lipinski definition) is 4. The van der Waals surface area contributed by atoms with Crippen molar-refractivity contribution in [2.45, 2.75) is 66.8 Å². The van der Waals surface area contributed by atoms with Crippen LogP contribution in [0.15, 0.2) is 36.5 Å². The van der Waals surface area contributed by atoms with Crippen LogP contribution in [0.4, 0.5) is 10.7 Å². The zero-order valence-electron chi connectivity index (χ0n) is 20.7. The molecule has 0 radical (unpaired) electrons. The second kappa shape index (κ2) is 9.74. The van der Waals surface area contributed by atoms with E-state index in [9.17, 15) is 9.59 Å². The average Bonchev–Trinajstić information content (AvgIpc) is 3.43. The maximum atomic E-state index is 13.5. The minimum Gasteiger partial charge on any atom is -0.322 e. The van der Waals surface area contributed by atoms with Gasteiger partial charge < -0.3 is 10.6 Å². The Labute approximate surface area is 205 Å². The van der Waals surface area contributed by atoms with Crippen molar-refractivity contribution in [3.05, 3.63) is 63.8 Å². The Hall–Kier alpha value is -2.93. The summed E-state index contributed by atoms with van der Waals surface area (Å²) in [6.07, 6.45) is 5.54. The van der Waals surface area contributed by atoms with Gasteiger partial charge in [-0.15, -0.1) is 11.3 Å². The normalized spacial score (nSPS) is 15.6. The summed E-state index contributed by atoms with van der Waals surface area (Å²) in [5.74, 6) is 0.0739. The molecule has 0 fully saturated rings. The van der Waals surface area contributed by atoms with E-state index in [0.29, 0.717) is 28.7 Å². The number of anilines is 2. The van der Waals surface area contributed by atoms with E-state index in [-0.39, 0.29) is 17.2 Å². The fourth-order valence-corrected chi connectivity index (χ4v) is 5.82. The van der Waals surface area contributed by atoms with E-state index < -0.39 is 0 Å². The van der Waals surface area contributed by atoms with Crippen LogP contribution >= 0.6 is 11.3 Å². The van der Waals surface area contributed by atoms with Crippen molar-refractivity contribution in [3.8, 4) is 0 Å². The number of amides is 2. The summed E-state index contributed by atoms with van der Waals surface area (Å²) in [4.78, 5) is 27.7. The highest BCUT2D eigenvalue weighted by Crippen LogP contribution is 2.44. The third-order valence-corrected chi connectivity index (χ3v) is 7.93. The molecule has 0 saturated carbocycles. The Morgan fingerprint density at radius 3 is 2.44 bits per heavy atom. The van der Waals surface area contributed by atoms with Crippen LogP contribution in [-0.2, 0) is 25.8 Å². The molecule has 2 amide bonds. The highest BCUT2D eigenvalue weighted by Gasteiger charge is 2.34. The molecule has 1 atom stereocenters. The highest BCUT2D eigenvalue weighted by atomic mass is 32.1. The Balaban J connectivity index is 1.65. The minimum absolute atomic E-state index is 0.176. The van der Waals surface area contributed by atoms with Crippen molar-refractivity contribution in [2.24, 2.45) is 11.3 Å². The van der Waals surface area contributed by atoms with Crippen LogP contribution in [0, 0.1) is 11.3 Å². The molecule has 3 aromatic rings. The predicted octanol–water partition coefficient (Wildman–Crippen LogP) is 6.18. The smallest absolute Gasteiger partial charge is 0.276 e. The summed E-state index contributed by atoms with van der Waals surface area (Å²) < 4.78 is 1.72. The van der Waals surface area contributed by atoms with Gasteiger partial charge >= 0.3 is 0 Å². The molecule has 34 heavy (non-hydrogen) atoms. The lowest BCUT2D eigenvalue weighted by molar-refractivity contribution is 0.102. The van der Waals surface area contributed by atoms with Gasteiger partial charge in [0.15, 0.2) is 5.69 Å². The third-order valence-electron chi connectivity index (χ3n) is 6.76. The lowest BCUT2D eigenvalue weighted by Gasteiger charge is -2.33. The van der Waals surface area contributed by atoms with Gasteiger partial charge in [-0.25, -0.2) is 0 Å². The summed E-state index contributed by atoms with van der Waals surface area (Å²) in [5, 5.41) is 11.0. The SMILES string of the molecule is CCc1ccc(NC(=O)c2c(NC(=O)c3ccn(CC)n3)sc3c2CC[C@H](C(C)(C)C)C3)cc1. The van der Waals surface area contributed by atoms with Crippen LogP contribution in [0.5, 0.6) is 0 Å². The monoisotopic (exact) mass is 478 g/mol. The molecule has 4 rings (SSSR count). The summed E-state index contributed by atoms with van der Waals surface area (Å²) >= 11 is 1.53. The molecule has 1 aliphatic rings. The lowest BCUT2D eigenvalue weighted by atomic mass is 9.72. The number of aromatic nitrogens is 2. The number of hydrogen-bond donors (Lipinski definition) is 2. The second-order valence-corrected chi connectivity index (χ2v) is 11.1. The molecular weight excluding hydrogens is 444 g/mol. The number of aryl methyl sites for hydroxylation is 2. The quantitative estimate of drug-likeness (QED) is 0.444. The zero-order chi connectivity index (χ0) is 24.5. The summed E-state index contributed by atoms with van der Waals surface area (Å²) in [6.45, 7) is 11.6. The maximum Gasteiger partial charge on any atom is 0.276 e. The predicted molar refractivity (Wildman–Crippen MR) is 139 cm³/mol. The fourth-order valence-electron chi connectivity index (χ4n) is 4.50. The molecule has 1 aliphatic carbocycles. The number of thiophene rings is 1. The summed E-state index contributed by atoms with van der Waals surface area (Å²) in [5.41, 5.74) is 4.18. The van der Waals surface area contributed by atoms with Crippen LogP contribution in [-0.4, -0.2) is 21.6 Å². The Kier molecular flexibility index (Phi) is 6.94. The third kappa shape index (κ3) is 5.09. The van der Waals surface area contributed by atoms with Crippen LogP contribution < -0.4 is 10.6 Å². The molecule has 2 heterocycles. The first-order valence-corrected chi connectivity index (χ1v) is 12.9. The Morgan fingerprint density at radius 2 is 1.82 bits per heavy atom. The minimum atomic E-state index is -0.292.